The quantitative estimate of drug-likeness (QED) is 0.466. The Hall–Kier alpha value is -0.0631. The molecule has 7 nitrogen and oxygen atoms in total. The summed E-state index contributed by atoms with van der Waals surface area (Å²) in [6.07, 6.45) is 4.65. The molecule has 8 heteroatoms. The van der Waals surface area contributed by atoms with Crippen LogP contribution in [0.3, 0.4) is 0 Å². The van der Waals surface area contributed by atoms with Crippen molar-refractivity contribution in [3.63, 3.8) is 0 Å². The van der Waals surface area contributed by atoms with Crippen molar-refractivity contribution in [2.24, 2.45) is 0 Å². The molecule has 1 aliphatic rings. The maximum Gasteiger partial charge on any atom is 0.500 e. The third-order valence-electron chi connectivity index (χ3n) is 4.90. The van der Waals surface area contributed by atoms with Crippen LogP contribution in [0.5, 0.6) is 0 Å². The predicted octanol–water partition coefficient (Wildman–Crippen LogP) is 1.68. The maximum absolute atomic E-state index is 6.00. The van der Waals surface area contributed by atoms with Gasteiger partial charge in [0.15, 0.2) is 0 Å². The molecule has 3 N–H and O–H groups in total. The van der Waals surface area contributed by atoms with Crippen LogP contribution in [-0.2, 0) is 13.3 Å². The molecule has 0 aromatic carbocycles. The van der Waals surface area contributed by atoms with Gasteiger partial charge in [-0.25, -0.2) is 0 Å². The minimum Gasteiger partial charge on any atom is -0.374 e. The minimum atomic E-state index is -2.51. The van der Waals surface area contributed by atoms with E-state index in [1.807, 2.05) is 20.8 Å². The van der Waals surface area contributed by atoms with Crippen molar-refractivity contribution in [3.8, 4) is 0 Å². The summed E-state index contributed by atoms with van der Waals surface area (Å²) in [5.74, 6) is 0. The van der Waals surface area contributed by atoms with Crippen LogP contribution in [0.25, 0.3) is 0 Å². The summed E-state index contributed by atoms with van der Waals surface area (Å²) in [5, 5.41) is 10.7. The zero-order valence-electron chi connectivity index (χ0n) is 18.7. The van der Waals surface area contributed by atoms with E-state index in [2.05, 4.69) is 20.9 Å². The first kappa shape index (κ1) is 26.0. The third kappa shape index (κ3) is 12.5. The van der Waals surface area contributed by atoms with E-state index >= 15 is 0 Å². The van der Waals surface area contributed by atoms with Crippen molar-refractivity contribution in [1.82, 2.24) is 20.9 Å². The van der Waals surface area contributed by atoms with Crippen molar-refractivity contribution < 1.29 is 13.3 Å². The number of rotatable bonds is 10. The predicted molar refractivity (Wildman–Crippen MR) is 119 cm³/mol. The Bertz CT molecular complexity index is 320. The highest BCUT2D eigenvalue weighted by Crippen LogP contribution is 2.18. The van der Waals surface area contributed by atoms with Crippen LogP contribution >= 0.6 is 0 Å². The second-order valence-corrected chi connectivity index (χ2v) is 9.97. The zero-order valence-corrected chi connectivity index (χ0v) is 19.7. The van der Waals surface area contributed by atoms with Gasteiger partial charge in [-0.1, -0.05) is 0 Å². The standard InChI is InChI=1S/C20H46N4O3Si/c1-4-25-28(26-5-2,27-6-3)20-10-18-24-17-9-15-22-13-7-11-21-12-8-14-23-16-19-24/h21-23H,4-20H2,1-3H3. The van der Waals surface area contributed by atoms with E-state index in [0.29, 0.717) is 19.8 Å². The van der Waals surface area contributed by atoms with Crippen molar-refractivity contribution in [3.05, 3.63) is 0 Å². The summed E-state index contributed by atoms with van der Waals surface area (Å²) in [6.45, 7) is 17.9. The summed E-state index contributed by atoms with van der Waals surface area (Å²) in [4.78, 5) is 2.58. The molecule has 1 fully saturated rings. The maximum atomic E-state index is 6.00. The van der Waals surface area contributed by atoms with Crippen LogP contribution < -0.4 is 16.0 Å². The van der Waals surface area contributed by atoms with Crippen LogP contribution in [0.2, 0.25) is 6.04 Å². The molecule has 0 aromatic heterocycles. The first-order valence-electron chi connectivity index (χ1n) is 11.5. The van der Waals surface area contributed by atoms with Gasteiger partial charge in [-0.05, 0) is 92.3 Å². The van der Waals surface area contributed by atoms with Gasteiger partial charge in [0, 0.05) is 39.0 Å². The molecule has 1 aliphatic heterocycles. The lowest BCUT2D eigenvalue weighted by Crippen LogP contribution is -2.46. The minimum absolute atomic E-state index is 0.653. The van der Waals surface area contributed by atoms with Gasteiger partial charge in [-0.2, -0.15) is 0 Å². The molecule has 0 amide bonds. The van der Waals surface area contributed by atoms with E-state index in [9.17, 15) is 0 Å². The molecule has 0 unspecified atom stereocenters. The average Bonchev–Trinajstić information content (AvgIpc) is 2.68. The van der Waals surface area contributed by atoms with Gasteiger partial charge in [0.05, 0.1) is 0 Å². The Morgan fingerprint density at radius 3 is 1.71 bits per heavy atom. The summed E-state index contributed by atoms with van der Waals surface area (Å²) in [5.41, 5.74) is 0. The molecule has 0 radical (unpaired) electrons. The lowest BCUT2D eigenvalue weighted by atomic mass is 10.3. The average molecular weight is 419 g/mol. The zero-order chi connectivity index (χ0) is 20.3. The van der Waals surface area contributed by atoms with Gasteiger partial charge in [-0.3, -0.25) is 0 Å². The highest BCUT2D eigenvalue weighted by atomic mass is 28.4. The molecule has 1 heterocycles. The van der Waals surface area contributed by atoms with Crippen molar-refractivity contribution in [2.45, 2.75) is 52.5 Å². The fourth-order valence-corrected chi connectivity index (χ4v) is 6.17. The first-order valence-corrected chi connectivity index (χ1v) is 13.5. The molecule has 0 aliphatic carbocycles. The third-order valence-corrected chi connectivity index (χ3v) is 8.05. The van der Waals surface area contributed by atoms with Crippen LogP contribution in [0, 0.1) is 0 Å². The Morgan fingerprint density at radius 2 is 1.18 bits per heavy atom. The molecule has 0 spiro atoms. The van der Waals surface area contributed by atoms with Crippen LogP contribution in [-0.4, -0.2) is 92.4 Å². The molecule has 28 heavy (non-hydrogen) atoms. The number of nitrogens with one attached hydrogen (secondary N) is 3. The molecule has 1 rings (SSSR count). The summed E-state index contributed by atoms with van der Waals surface area (Å²) < 4.78 is 18.0. The highest BCUT2D eigenvalue weighted by Gasteiger charge is 2.39. The van der Waals surface area contributed by atoms with Gasteiger partial charge >= 0.3 is 8.80 Å². The van der Waals surface area contributed by atoms with Gasteiger partial charge in [0.2, 0.25) is 0 Å². The van der Waals surface area contributed by atoms with Crippen LogP contribution in [0.15, 0.2) is 0 Å². The molecular formula is C20H46N4O3Si. The molecule has 0 aromatic rings. The van der Waals surface area contributed by atoms with Crippen LogP contribution in [0.4, 0.5) is 0 Å². The highest BCUT2D eigenvalue weighted by molar-refractivity contribution is 6.60. The molecule has 1 saturated heterocycles. The Balaban J connectivity index is 2.45. The summed E-state index contributed by atoms with van der Waals surface area (Å²) >= 11 is 0. The Labute approximate surface area is 174 Å². The summed E-state index contributed by atoms with van der Waals surface area (Å²) in [6, 6.07) is 0.899. The Morgan fingerprint density at radius 1 is 0.679 bits per heavy atom. The first-order chi connectivity index (χ1) is 13.8. The smallest absolute Gasteiger partial charge is 0.374 e. The molecule has 168 valence electrons. The van der Waals surface area contributed by atoms with E-state index in [-0.39, 0.29) is 0 Å². The van der Waals surface area contributed by atoms with Crippen molar-refractivity contribution in [1.29, 1.82) is 0 Å². The largest absolute Gasteiger partial charge is 0.500 e. The fraction of sp³-hybridized carbons (Fsp3) is 1.00. The van der Waals surface area contributed by atoms with E-state index in [1.165, 1.54) is 19.3 Å². The molecule has 0 bridgehead atoms. The fourth-order valence-electron chi connectivity index (χ4n) is 3.57. The SMILES string of the molecule is CCO[Si](CCCN1CCCNCCCNCCCNCC1)(OCC)OCC. The topological polar surface area (TPSA) is 67.0 Å². The van der Waals surface area contributed by atoms with E-state index in [0.717, 1.165) is 71.4 Å². The lowest BCUT2D eigenvalue weighted by Gasteiger charge is -2.30. The van der Waals surface area contributed by atoms with E-state index in [1.54, 1.807) is 0 Å². The van der Waals surface area contributed by atoms with Gasteiger partial charge in [-0.15, -0.1) is 0 Å². The second kappa shape index (κ2) is 17.8. The molecule has 0 atom stereocenters. The van der Waals surface area contributed by atoms with Crippen molar-refractivity contribution >= 4 is 8.80 Å². The van der Waals surface area contributed by atoms with Gasteiger partial charge in [0.1, 0.15) is 0 Å². The number of hydrogen-bond acceptors (Lipinski definition) is 7. The lowest BCUT2D eigenvalue weighted by molar-refractivity contribution is 0.0699. The molecular weight excluding hydrogens is 372 g/mol. The summed E-state index contributed by atoms with van der Waals surface area (Å²) in [7, 11) is -2.51. The van der Waals surface area contributed by atoms with Crippen LogP contribution in [0.1, 0.15) is 46.5 Å². The Kier molecular flexibility index (Phi) is 16.5. The van der Waals surface area contributed by atoms with Gasteiger partial charge < -0.3 is 34.1 Å². The second-order valence-electron chi connectivity index (χ2n) is 7.24. The monoisotopic (exact) mass is 418 g/mol. The number of hydrogen-bond donors (Lipinski definition) is 3. The van der Waals surface area contributed by atoms with E-state index < -0.39 is 8.80 Å². The normalized spacial score (nSPS) is 19.8. The van der Waals surface area contributed by atoms with Gasteiger partial charge in [0.25, 0.3) is 0 Å². The molecule has 0 saturated carbocycles. The number of nitrogens with zero attached hydrogens (tertiary/aromatic N) is 1. The van der Waals surface area contributed by atoms with Crippen molar-refractivity contribution in [2.75, 3.05) is 78.7 Å². The van der Waals surface area contributed by atoms with E-state index in [4.69, 9.17) is 13.3 Å².